The Kier molecular flexibility index (Phi) is 6.59. The van der Waals surface area contributed by atoms with E-state index in [1.165, 1.54) is 13.3 Å². The lowest BCUT2D eigenvalue weighted by Gasteiger charge is -2.11. The van der Waals surface area contributed by atoms with Gasteiger partial charge in [-0.3, -0.25) is 0 Å². The van der Waals surface area contributed by atoms with Crippen LogP contribution >= 0.6 is 0 Å². The number of rotatable bonds is 8. The average Bonchev–Trinajstić information content (AvgIpc) is 2.75. The normalized spacial score (nSPS) is 11.0. The van der Waals surface area contributed by atoms with Crippen molar-refractivity contribution in [2.45, 2.75) is 13.0 Å². The Morgan fingerprint density at radius 1 is 1.10 bits per heavy atom. The van der Waals surface area contributed by atoms with Crippen LogP contribution in [0.4, 0.5) is 5.82 Å². The largest absolute Gasteiger partial charge is 0.508 e. The summed E-state index contributed by atoms with van der Waals surface area (Å²) >= 11 is 0. The number of oxime groups is 1. The first kappa shape index (κ1) is 20.1. The number of nitrogens with zero attached hydrogens (tertiary/aromatic N) is 3. The van der Waals surface area contributed by atoms with E-state index in [1.807, 2.05) is 18.2 Å². The summed E-state index contributed by atoms with van der Waals surface area (Å²) in [5.74, 6) is 0.846. The van der Waals surface area contributed by atoms with E-state index in [0.29, 0.717) is 29.2 Å². The summed E-state index contributed by atoms with van der Waals surface area (Å²) in [5, 5.41) is 33.9. The van der Waals surface area contributed by atoms with Gasteiger partial charge >= 0.3 is 6.01 Å². The number of aliphatic hydroxyl groups is 1. The standard InChI is InChI=1S/C21H22N4O4/c1-29-21-24-19(15-4-5-16(13-26)17(10-15)12-23-28)11-20(25-21)22-9-8-14-2-6-18(27)7-3-14/h2-7,10-12,26-28H,8-9,13H2,1H3,(H,22,24,25)/b23-12+. The molecule has 0 atom stereocenters. The molecule has 0 radical (unpaired) electrons. The predicted molar refractivity (Wildman–Crippen MR) is 110 cm³/mol. The van der Waals surface area contributed by atoms with E-state index in [0.717, 1.165) is 17.5 Å². The van der Waals surface area contributed by atoms with Crippen LogP contribution in [0.2, 0.25) is 0 Å². The number of anilines is 1. The lowest BCUT2D eigenvalue weighted by molar-refractivity contribution is 0.281. The van der Waals surface area contributed by atoms with Crippen molar-refractivity contribution in [3.8, 4) is 23.0 Å². The summed E-state index contributed by atoms with van der Waals surface area (Å²) in [7, 11) is 1.50. The second-order valence-electron chi connectivity index (χ2n) is 6.28. The van der Waals surface area contributed by atoms with Crippen LogP contribution in [0.5, 0.6) is 11.8 Å². The molecule has 8 nitrogen and oxygen atoms in total. The average molecular weight is 394 g/mol. The van der Waals surface area contributed by atoms with Crippen molar-refractivity contribution in [1.29, 1.82) is 0 Å². The zero-order chi connectivity index (χ0) is 20.6. The Balaban J connectivity index is 1.81. The van der Waals surface area contributed by atoms with Gasteiger partial charge in [0.15, 0.2) is 0 Å². The number of hydrogen-bond acceptors (Lipinski definition) is 8. The molecule has 0 bridgehead atoms. The van der Waals surface area contributed by atoms with Crippen LogP contribution in [0, 0.1) is 0 Å². The molecule has 0 amide bonds. The quantitative estimate of drug-likeness (QED) is 0.263. The minimum atomic E-state index is -0.168. The zero-order valence-corrected chi connectivity index (χ0v) is 15.9. The summed E-state index contributed by atoms with van der Waals surface area (Å²) < 4.78 is 5.22. The van der Waals surface area contributed by atoms with E-state index in [9.17, 15) is 10.2 Å². The third kappa shape index (κ3) is 5.20. The molecule has 0 aliphatic rings. The number of aromatic hydroxyl groups is 1. The monoisotopic (exact) mass is 394 g/mol. The smallest absolute Gasteiger partial charge is 0.318 e. The van der Waals surface area contributed by atoms with Gasteiger partial charge in [0.2, 0.25) is 0 Å². The van der Waals surface area contributed by atoms with Crippen LogP contribution < -0.4 is 10.1 Å². The van der Waals surface area contributed by atoms with Gasteiger partial charge in [0, 0.05) is 23.7 Å². The Morgan fingerprint density at radius 3 is 2.59 bits per heavy atom. The zero-order valence-electron chi connectivity index (χ0n) is 15.9. The van der Waals surface area contributed by atoms with Crippen molar-refractivity contribution in [3.63, 3.8) is 0 Å². The van der Waals surface area contributed by atoms with Gasteiger partial charge in [0.25, 0.3) is 0 Å². The van der Waals surface area contributed by atoms with Crippen LogP contribution in [0.25, 0.3) is 11.3 Å². The maximum atomic E-state index is 9.43. The van der Waals surface area contributed by atoms with Crippen molar-refractivity contribution in [3.05, 3.63) is 65.2 Å². The van der Waals surface area contributed by atoms with Crippen LogP contribution in [0.15, 0.2) is 53.7 Å². The van der Waals surface area contributed by atoms with E-state index in [1.54, 1.807) is 30.3 Å². The molecular formula is C21H22N4O4. The molecule has 0 saturated carbocycles. The molecule has 3 rings (SSSR count). The van der Waals surface area contributed by atoms with Gasteiger partial charge in [-0.2, -0.15) is 9.97 Å². The Bertz CT molecular complexity index is 990. The van der Waals surface area contributed by atoms with Crippen LogP contribution in [-0.2, 0) is 13.0 Å². The number of nitrogens with one attached hydrogen (secondary N) is 1. The van der Waals surface area contributed by atoms with Gasteiger partial charge in [0.05, 0.1) is 25.6 Å². The van der Waals surface area contributed by atoms with Crippen molar-refractivity contribution in [2.75, 3.05) is 19.0 Å². The summed E-state index contributed by atoms with van der Waals surface area (Å²) in [6, 6.07) is 14.4. The van der Waals surface area contributed by atoms with Crippen LogP contribution in [0.1, 0.15) is 16.7 Å². The van der Waals surface area contributed by atoms with Crippen molar-refractivity contribution < 1.29 is 20.2 Å². The summed E-state index contributed by atoms with van der Waals surface area (Å²) in [6.45, 7) is 0.467. The molecule has 1 aromatic heterocycles. The number of aliphatic hydroxyl groups excluding tert-OH is 1. The number of benzene rings is 2. The Labute approximate surface area is 168 Å². The highest BCUT2D eigenvalue weighted by atomic mass is 16.5. The molecule has 0 unspecified atom stereocenters. The van der Waals surface area contributed by atoms with Gasteiger partial charge in [-0.15, -0.1) is 0 Å². The molecule has 4 N–H and O–H groups in total. The van der Waals surface area contributed by atoms with E-state index < -0.39 is 0 Å². The van der Waals surface area contributed by atoms with Gasteiger partial charge < -0.3 is 25.5 Å². The first-order valence-electron chi connectivity index (χ1n) is 8.99. The number of methoxy groups -OCH3 is 1. The van der Waals surface area contributed by atoms with Gasteiger partial charge in [-0.25, -0.2) is 0 Å². The van der Waals surface area contributed by atoms with E-state index in [-0.39, 0.29) is 18.4 Å². The molecule has 29 heavy (non-hydrogen) atoms. The maximum Gasteiger partial charge on any atom is 0.318 e. The predicted octanol–water partition coefficient (Wildman–Crippen LogP) is 2.81. The highest BCUT2D eigenvalue weighted by molar-refractivity contribution is 5.84. The van der Waals surface area contributed by atoms with E-state index >= 15 is 0 Å². The Hall–Kier alpha value is -3.65. The molecule has 1 heterocycles. The van der Waals surface area contributed by atoms with E-state index in [4.69, 9.17) is 9.94 Å². The highest BCUT2D eigenvalue weighted by Gasteiger charge is 2.10. The first-order chi connectivity index (χ1) is 14.1. The van der Waals surface area contributed by atoms with Gasteiger partial charge in [-0.1, -0.05) is 29.4 Å². The molecule has 0 saturated heterocycles. The lowest BCUT2D eigenvalue weighted by atomic mass is 10.0. The summed E-state index contributed by atoms with van der Waals surface area (Å²) in [5.41, 5.74) is 3.70. The fraction of sp³-hybridized carbons (Fsp3) is 0.190. The second-order valence-corrected chi connectivity index (χ2v) is 6.28. The minimum Gasteiger partial charge on any atom is -0.508 e. The molecular weight excluding hydrogens is 372 g/mol. The van der Waals surface area contributed by atoms with Crippen molar-refractivity contribution in [2.24, 2.45) is 5.16 Å². The van der Waals surface area contributed by atoms with Crippen LogP contribution in [-0.4, -0.2) is 45.3 Å². The van der Waals surface area contributed by atoms with Crippen molar-refractivity contribution >= 4 is 12.0 Å². The van der Waals surface area contributed by atoms with Gasteiger partial charge in [-0.05, 0) is 35.7 Å². The Morgan fingerprint density at radius 2 is 1.90 bits per heavy atom. The molecule has 8 heteroatoms. The SMILES string of the molecule is COc1nc(NCCc2ccc(O)cc2)cc(-c2ccc(CO)c(/C=N/O)c2)n1. The maximum absolute atomic E-state index is 9.43. The first-order valence-corrected chi connectivity index (χ1v) is 8.99. The molecule has 0 aliphatic heterocycles. The van der Waals surface area contributed by atoms with Crippen molar-refractivity contribution in [1.82, 2.24) is 9.97 Å². The number of hydrogen-bond donors (Lipinski definition) is 4. The molecule has 150 valence electrons. The second kappa shape index (κ2) is 9.52. The minimum absolute atomic E-state index is 0.168. The van der Waals surface area contributed by atoms with Gasteiger partial charge in [0.1, 0.15) is 11.6 Å². The molecule has 0 spiro atoms. The summed E-state index contributed by atoms with van der Waals surface area (Å²) in [6.07, 6.45) is 2.02. The molecule has 0 fully saturated rings. The number of phenols is 1. The number of aromatic nitrogens is 2. The molecule has 2 aromatic carbocycles. The van der Waals surface area contributed by atoms with Crippen LogP contribution in [0.3, 0.4) is 0 Å². The van der Waals surface area contributed by atoms with E-state index in [2.05, 4.69) is 20.4 Å². The third-order valence-corrected chi connectivity index (χ3v) is 4.35. The number of ether oxygens (including phenoxy) is 1. The third-order valence-electron chi connectivity index (χ3n) is 4.35. The topological polar surface area (TPSA) is 120 Å². The fourth-order valence-corrected chi connectivity index (χ4v) is 2.83. The molecule has 3 aromatic rings. The number of phenolic OH excluding ortho intramolecular Hbond substituents is 1. The highest BCUT2D eigenvalue weighted by Crippen LogP contribution is 2.24. The summed E-state index contributed by atoms with van der Waals surface area (Å²) in [4.78, 5) is 8.71. The molecule has 0 aliphatic carbocycles. The lowest BCUT2D eigenvalue weighted by Crippen LogP contribution is -2.08. The fourth-order valence-electron chi connectivity index (χ4n) is 2.83.